The van der Waals surface area contributed by atoms with Crippen molar-refractivity contribution in [3.63, 3.8) is 0 Å². The quantitative estimate of drug-likeness (QED) is 0.893. The molecular formula is C14H18FNO2S. The molecule has 0 unspecified atom stereocenters. The van der Waals surface area contributed by atoms with Crippen molar-refractivity contribution in [2.75, 3.05) is 18.1 Å². The number of carbonyl (C=O) groups is 1. The first-order valence-corrected chi connectivity index (χ1v) is 7.50. The number of carbonyl (C=O) groups excluding carboxylic acids is 1. The predicted octanol–water partition coefficient (Wildman–Crippen LogP) is 2.12. The van der Waals surface area contributed by atoms with Crippen molar-refractivity contribution in [3.8, 4) is 0 Å². The van der Waals surface area contributed by atoms with Gasteiger partial charge in [-0.25, -0.2) is 4.39 Å². The van der Waals surface area contributed by atoms with Gasteiger partial charge in [0.25, 0.3) is 5.91 Å². The molecule has 0 saturated carbocycles. The van der Waals surface area contributed by atoms with Crippen LogP contribution in [0.1, 0.15) is 28.8 Å². The van der Waals surface area contributed by atoms with Crippen molar-refractivity contribution < 1.29 is 14.3 Å². The molecule has 2 N–H and O–H groups in total. The Kier molecular flexibility index (Phi) is 4.47. The summed E-state index contributed by atoms with van der Waals surface area (Å²) in [6.07, 6.45) is 1.36. The lowest BCUT2D eigenvalue weighted by Gasteiger charge is -2.31. The molecular weight excluding hydrogens is 265 g/mol. The topological polar surface area (TPSA) is 49.3 Å². The first kappa shape index (κ1) is 14.3. The van der Waals surface area contributed by atoms with Crippen LogP contribution in [0, 0.1) is 12.7 Å². The Morgan fingerprint density at radius 1 is 1.47 bits per heavy atom. The van der Waals surface area contributed by atoms with Crippen LogP contribution >= 0.6 is 11.8 Å². The number of aryl methyl sites for hydroxylation is 1. The van der Waals surface area contributed by atoms with Crippen LogP contribution in [-0.4, -0.2) is 34.7 Å². The maximum absolute atomic E-state index is 13.1. The minimum atomic E-state index is -0.817. The molecule has 0 radical (unpaired) electrons. The van der Waals surface area contributed by atoms with Gasteiger partial charge in [-0.2, -0.15) is 11.8 Å². The van der Waals surface area contributed by atoms with Crippen molar-refractivity contribution in [2.24, 2.45) is 0 Å². The Labute approximate surface area is 116 Å². The second-order valence-electron chi connectivity index (χ2n) is 4.98. The van der Waals surface area contributed by atoms with Gasteiger partial charge in [-0.1, -0.05) is 6.07 Å². The molecule has 2 rings (SSSR count). The summed E-state index contributed by atoms with van der Waals surface area (Å²) in [5.74, 6) is 1.06. The molecule has 3 nitrogen and oxygen atoms in total. The normalized spacial score (nSPS) is 18.1. The Morgan fingerprint density at radius 3 is 2.84 bits per heavy atom. The summed E-state index contributed by atoms with van der Waals surface area (Å²) in [5.41, 5.74) is 0.237. The van der Waals surface area contributed by atoms with E-state index in [0.717, 1.165) is 17.1 Å². The molecule has 1 saturated heterocycles. The fourth-order valence-corrected chi connectivity index (χ4v) is 3.36. The van der Waals surface area contributed by atoms with Gasteiger partial charge in [-0.05, 0) is 49.0 Å². The Hall–Kier alpha value is -1.07. The lowest BCUT2D eigenvalue weighted by Crippen LogP contribution is -2.45. The zero-order chi connectivity index (χ0) is 13.9. The molecule has 0 bridgehead atoms. The Balaban J connectivity index is 1.99. The van der Waals surface area contributed by atoms with Gasteiger partial charge in [0.2, 0.25) is 0 Å². The fraction of sp³-hybridized carbons (Fsp3) is 0.500. The van der Waals surface area contributed by atoms with E-state index < -0.39 is 11.4 Å². The Morgan fingerprint density at radius 2 is 2.16 bits per heavy atom. The van der Waals surface area contributed by atoms with E-state index in [1.54, 1.807) is 13.0 Å². The zero-order valence-corrected chi connectivity index (χ0v) is 11.7. The summed E-state index contributed by atoms with van der Waals surface area (Å²) in [6, 6.07) is 4.14. The van der Waals surface area contributed by atoms with E-state index in [1.807, 2.05) is 11.8 Å². The van der Waals surface area contributed by atoms with E-state index in [0.29, 0.717) is 18.4 Å². The average Bonchev–Trinajstić information content (AvgIpc) is 2.40. The van der Waals surface area contributed by atoms with E-state index in [9.17, 15) is 14.3 Å². The van der Waals surface area contributed by atoms with Gasteiger partial charge < -0.3 is 10.4 Å². The van der Waals surface area contributed by atoms with Crippen molar-refractivity contribution >= 4 is 17.7 Å². The highest BCUT2D eigenvalue weighted by Crippen LogP contribution is 2.26. The zero-order valence-electron chi connectivity index (χ0n) is 10.9. The van der Waals surface area contributed by atoms with Crippen LogP contribution in [0.25, 0.3) is 0 Å². The summed E-state index contributed by atoms with van der Waals surface area (Å²) in [4.78, 5) is 12.0. The molecule has 1 aliphatic heterocycles. The minimum Gasteiger partial charge on any atom is -0.388 e. The van der Waals surface area contributed by atoms with Crippen LogP contribution in [0.3, 0.4) is 0 Å². The van der Waals surface area contributed by atoms with Crippen molar-refractivity contribution in [2.45, 2.75) is 25.4 Å². The maximum atomic E-state index is 13.1. The second-order valence-corrected chi connectivity index (χ2v) is 6.20. The third kappa shape index (κ3) is 3.70. The number of amides is 1. The molecule has 1 aromatic rings. The molecule has 0 atom stereocenters. The lowest BCUT2D eigenvalue weighted by molar-refractivity contribution is 0.0311. The van der Waals surface area contributed by atoms with Gasteiger partial charge in [-0.3, -0.25) is 4.79 Å². The number of nitrogens with one attached hydrogen (secondary N) is 1. The SMILES string of the molecule is Cc1ccc(F)cc1C(=O)NCC1(O)CCSCC1. The highest BCUT2D eigenvalue weighted by atomic mass is 32.2. The van der Waals surface area contributed by atoms with Crippen molar-refractivity contribution in [1.29, 1.82) is 0 Å². The monoisotopic (exact) mass is 283 g/mol. The van der Waals surface area contributed by atoms with Crippen LogP contribution in [0.4, 0.5) is 4.39 Å². The number of halogens is 1. The molecule has 1 aliphatic rings. The number of hydrogen-bond acceptors (Lipinski definition) is 3. The van der Waals surface area contributed by atoms with Crippen LogP contribution in [0.5, 0.6) is 0 Å². The number of rotatable bonds is 3. The molecule has 1 amide bonds. The van der Waals surface area contributed by atoms with Gasteiger partial charge in [-0.15, -0.1) is 0 Å². The van der Waals surface area contributed by atoms with E-state index in [4.69, 9.17) is 0 Å². The van der Waals surface area contributed by atoms with Crippen LogP contribution in [0.15, 0.2) is 18.2 Å². The van der Waals surface area contributed by atoms with Gasteiger partial charge in [0.1, 0.15) is 5.82 Å². The summed E-state index contributed by atoms with van der Waals surface area (Å²) in [7, 11) is 0. The van der Waals surface area contributed by atoms with Gasteiger partial charge in [0.15, 0.2) is 0 Å². The first-order valence-electron chi connectivity index (χ1n) is 6.35. The molecule has 0 aliphatic carbocycles. The van der Waals surface area contributed by atoms with E-state index in [1.165, 1.54) is 12.1 Å². The summed E-state index contributed by atoms with van der Waals surface area (Å²) in [5, 5.41) is 13.0. The van der Waals surface area contributed by atoms with Gasteiger partial charge in [0, 0.05) is 12.1 Å². The van der Waals surface area contributed by atoms with Crippen LogP contribution < -0.4 is 5.32 Å². The number of benzene rings is 1. The predicted molar refractivity (Wildman–Crippen MR) is 75.0 cm³/mol. The van der Waals surface area contributed by atoms with Crippen molar-refractivity contribution in [3.05, 3.63) is 35.1 Å². The maximum Gasteiger partial charge on any atom is 0.251 e. The average molecular weight is 283 g/mol. The highest BCUT2D eigenvalue weighted by molar-refractivity contribution is 7.99. The van der Waals surface area contributed by atoms with Crippen molar-refractivity contribution in [1.82, 2.24) is 5.32 Å². The molecule has 5 heteroatoms. The molecule has 0 spiro atoms. The molecule has 1 heterocycles. The largest absolute Gasteiger partial charge is 0.388 e. The fourth-order valence-electron chi connectivity index (χ4n) is 2.11. The highest BCUT2D eigenvalue weighted by Gasteiger charge is 2.30. The Bertz CT molecular complexity index is 473. The summed E-state index contributed by atoms with van der Waals surface area (Å²) in [6.45, 7) is 1.99. The first-order chi connectivity index (χ1) is 9.00. The molecule has 104 valence electrons. The van der Waals surface area contributed by atoms with Gasteiger partial charge in [0.05, 0.1) is 5.60 Å². The molecule has 1 fully saturated rings. The number of aliphatic hydroxyl groups is 1. The number of thioether (sulfide) groups is 1. The third-order valence-corrected chi connectivity index (χ3v) is 4.43. The number of hydrogen-bond donors (Lipinski definition) is 2. The van der Waals surface area contributed by atoms with E-state index >= 15 is 0 Å². The second kappa shape index (κ2) is 5.92. The smallest absolute Gasteiger partial charge is 0.251 e. The van der Waals surface area contributed by atoms with E-state index in [2.05, 4.69) is 5.32 Å². The minimum absolute atomic E-state index is 0.225. The molecule has 1 aromatic carbocycles. The molecule has 0 aromatic heterocycles. The summed E-state index contributed by atoms with van der Waals surface area (Å²) >= 11 is 1.81. The lowest BCUT2D eigenvalue weighted by atomic mass is 9.96. The summed E-state index contributed by atoms with van der Waals surface area (Å²) < 4.78 is 13.1. The van der Waals surface area contributed by atoms with Gasteiger partial charge >= 0.3 is 0 Å². The standard InChI is InChI=1S/C14H18FNO2S/c1-10-2-3-11(15)8-12(10)13(17)16-9-14(18)4-6-19-7-5-14/h2-3,8,18H,4-7,9H2,1H3,(H,16,17). The molecule has 19 heavy (non-hydrogen) atoms. The van der Waals surface area contributed by atoms with Crippen LogP contribution in [0.2, 0.25) is 0 Å². The van der Waals surface area contributed by atoms with Crippen LogP contribution in [-0.2, 0) is 0 Å². The third-order valence-electron chi connectivity index (χ3n) is 3.45. The van der Waals surface area contributed by atoms with E-state index in [-0.39, 0.29) is 12.5 Å².